The first-order valence-corrected chi connectivity index (χ1v) is 7.69. The Hall–Kier alpha value is -1.34. The van der Waals surface area contributed by atoms with Crippen LogP contribution in [0.2, 0.25) is 0 Å². The maximum Gasteiger partial charge on any atom is 0.312 e. The number of piperidine rings is 1. The zero-order valence-corrected chi connectivity index (χ0v) is 12.6. The molecule has 2 heterocycles. The highest BCUT2D eigenvalue weighted by Crippen LogP contribution is 2.31. The molecule has 7 nitrogen and oxygen atoms in total. The van der Waals surface area contributed by atoms with Gasteiger partial charge in [-0.3, -0.25) is 4.79 Å². The van der Waals surface area contributed by atoms with Crippen molar-refractivity contribution >= 4 is 11.9 Å². The van der Waals surface area contributed by atoms with Gasteiger partial charge in [0, 0.05) is 25.9 Å². The number of unbranched alkanes of at least 4 members (excludes halogenated alkanes) is 1. The summed E-state index contributed by atoms with van der Waals surface area (Å²) in [7, 11) is 0. The minimum atomic E-state index is -0.652. The molecule has 2 fully saturated rings. The van der Waals surface area contributed by atoms with Crippen molar-refractivity contribution in [2.24, 2.45) is 5.73 Å². The molecule has 0 radical (unpaired) electrons. The predicted molar refractivity (Wildman–Crippen MR) is 76.5 cm³/mol. The third-order valence-corrected chi connectivity index (χ3v) is 4.11. The molecule has 0 unspecified atom stereocenters. The van der Waals surface area contributed by atoms with E-state index in [0.717, 1.165) is 12.8 Å². The van der Waals surface area contributed by atoms with Crippen molar-refractivity contribution in [1.29, 1.82) is 0 Å². The van der Waals surface area contributed by atoms with E-state index in [1.54, 1.807) is 4.90 Å². The molecule has 2 saturated heterocycles. The first kappa shape index (κ1) is 16.0. The van der Waals surface area contributed by atoms with Gasteiger partial charge in [0.15, 0.2) is 5.79 Å². The number of hydrogen-bond acceptors (Lipinski definition) is 4. The Labute approximate surface area is 125 Å². The number of hydrogen-bond donors (Lipinski definition) is 2. The second-order valence-electron chi connectivity index (χ2n) is 5.64. The zero-order chi connectivity index (χ0) is 15.3. The van der Waals surface area contributed by atoms with Gasteiger partial charge >= 0.3 is 6.03 Å². The molecule has 0 aromatic rings. The lowest BCUT2D eigenvalue weighted by atomic mass is 10.0. The summed E-state index contributed by atoms with van der Waals surface area (Å²) in [6.45, 7) is 4.46. The van der Waals surface area contributed by atoms with Crippen LogP contribution in [0.1, 0.15) is 39.0 Å². The number of nitrogens with zero attached hydrogens (tertiary/aromatic N) is 1. The summed E-state index contributed by atoms with van der Waals surface area (Å²) in [6.07, 6.45) is 3.81. The van der Waals surface area contributed by atoms with E-state index in [-0.39, 0.29) is 5.91 Å². The number of carbonyl (C=O) groups excluding carboxylic acids is 2. The van der Waals surface area contributed by atoms with Gasteiger partial charge in [-0.05, 0) is 6.42 Å². The summed E-state index contributed by atoms with van der Waals surface area (Å²) in [6, 6.07) is -1.18. The van der Waals surface area contributed by atoms with E-state index in [4.69, 9.17) is 15.2 Å². The van der Waals surface area contributed by atoms with Gasteiger partial charge in [-0.1, -0.05) is 19.8 Å². The second kappa shape index (κ2) is 7.09. The third kappa shape index (κ3) is 4.07. The van der Waals surface area contributed by atoms with Crippen molar-refractivity contribution in [2.45, 2.75) is 50.9 Å². The van der Waals surface area contributed by atoms with Crippen LogP contribution >= 0.6 is 0 Å². The second-order valence-corrected chi connectivity index (χ2v) is 5.64. The van der Waals surface area contributed by atoms with Crippen LogP contribution in [-0.2, 0) is 14.3 Å². The fourth-order valence-corrected chi connectivity index (χ4v) is 2.91. The van der Waals surface area contributed by atoms with Crippen molar-refractivity contribution in [3.05, 3.63) is 0 Å². The van der Waals surface area contributed by atoms with Gasteiger partial charge in [0.2, 0.25) is 5.91 Å². The Kier molecular flexibility index (Phi) is 5.41. The first-order chi connectivity index (χ1) is 10.1. The van der Waals surface area contributed by atoms with E-state index < -0.39 is 17.9 Å². The van der Waals surface area contributed by atoms with Crippen molar-refractivity contribution in [3.8, 4) is 0 Å². The van der Waals surface area contributed by atoms with E-state index >= 15 is 0 Å². The molecule has 120 valence electrons. The minimum absolute atomic E-state index is 0.0601. The van der Waals surface area contributed by atoms with Crippen LogP contribution < -0.4 is 11.1 Å². The Balaban J connectivity index is 1.89. The van der Waals surface area contributed by atoms with Gasteiger partial charge in [-0.2, -0.15) is 0 Å². The largest absolute Gasteiger partial charge is 0.352 e. The van der Waals surface area contributed by atoms with Crippen LogP contribution in [0, 0.1) is 0 Å². The highest BCUT2D eigenvalue weighted by atomic mass is 16.7. The van der Waals surface area contributed by atoms with Gasteiger partial charge in [0.05, 0.1) is 13.2 Å². The van der Waals surface area contributed by atoms with Crippen molar-refractivity contribution < 1.29 is 19.1 Å². The zero-order valence-electron chi connectivity index (χ0n) is 12.6. The van der Waals surface area contributed by atoms with Crippen LogP contribution in [0.5, 0.6) is 0 Å². The normalized spacial score (nSPS) is 22.2. The fraction of sp³-hybridized carbons (Fsp3) is 0.857. The number of nitrogens with one attached hydrogen (secondary N) is 1. The molecule has 3 amide bonds. The summed E-state index contributed by atoms with van der Waals surface area (Å²) >= 11 is 0. The number of urea groups is 1. The number of primary amides is 1. The molecule has 0 bridgehead atoms. The number of likely N-dealkylation sites (tertiary alicyclic amines) is 1. The molecule has 2 rings (SSSR count). The van der Waals surface area contributed by atoms with Gasteiger partial charge < -0.3 is 25.4 Å². The minimum Gasteiger partial charge on any atom is -0.352 e. The number of ether oxygens (including phenoxy) is 2. The topological polar surface area (TPSA) is 93.9 Å². The lowest BCUT2D eigenvalue weighted by Gasteiger charge is -2.38. The molecule has 2 aliphatic heterocycles. The van der Waals surface area contributed by atoms with Crippen LogP contribution in [-0.4, -0.2) is 55.0 Å². The van der Waals surface area contributed by atoms with Crippen molar-refractivity contribution in [3.63, 3.8) is 0 Å². The summed E-state index contributed by atoms with van der Waals surface area (Å²) in [5.74, 6) is -0.553. The number of nitrogens with two attached hydrogens (primary N) is 1. The Morgan fingerprint density at radius 1 is 1.29 bits per heavy atom. The fourth-order valence-electron chi connectivity index (χ4n) is 2.91. The Morgan fingerprint density at radius 3 is 2.43 bits per heavy atom. The van der Waals surface area contributed by atoms with Crippen LogP contribution in [0.15, 0.2) is 0 Å². The van der Waals surface area contributed by atoms with E-state index in [2.05, 4.69) is 5.32 Å². The van der Waals surface area contributed by atoms with E-state index in [0.29, 0.717) is 45.6 Å². The van der Waals surface area contributed by atoms with Crippen molar-refractivity contribution in [1.82, 2.24) is 10.2 Å². The number of carbonyl (C=O) groups is 2. The van der Waals surface area contributed by atoms with E-state index in [1.165, 1.54) is 0 Å². The molecule has 0 aromatic heterocycles. The molecule has 1 atom stereocenters. The Morgan fingerprint density at radius 2 is 1.90 bits per heavy atom. The van der Waals surface area contributed by atoms with E-state index in [9.17, 15) is 9.59 Å². The number of rotatable bonds is 5. The quantitative estimate of drug-likeness (QED) is 0.776. The van der Waals surface area contributed by atoms with Gasteiger partial charge in [0.25, 0.3) is 0 Å². The standard InChI is InChI=1S/C14H25N3O4/c1-2-3-4-11(16-13(15)19)12(18)17-7-5-14(6-8-17)20-9-10-21-14/h11H,2-10H2,1H3,(H3,15,16,19)/t11-/m0/s1. The smallest absolute Gasteiger partial charge is 0.312 e. The summed E-state index contributed by atoms with van der Waals surface area (Å²) < 4.78 is 11.3. The van der Waals surface area contributed by atoms with E-state index in [1.807, 2.05) is 6.92 Å². The highest BCUT2D eigenvalue weighted by Gasteiger charge is 2.41. The monoisotopic (exact) mass is 299 g/mol. The molecule has 3 N–H and O–H groups in total. The van der Waals surface area contributed by atoms with Gasteiger partial charge in [-0.25, -0.2) is 4.79 Å². The van der Waals surface area contributed by atoms with Crippen LogP contribution in [0.25, 0.3) is 0 Å². The molecular weight excluding hydrogens is 274 g/mol. The predicted octanol–water partition coefficient (Wildman–Crippen LogP) is 0.579. The molecule has 0 saturated carbocycles. The maximum atomic E-state index is 12.5. The molecule has 21 heavy (non-hydrogen) atoms. The summed E-state index contributed by atoms with van der Waals surface area (Å²) in [4.78, 5) is 25.4. The molecule has 2 aliphatic rings. The Bertz CT molecular complexity index is 372. The molecular formula is C14H25N3O4. The van der Waals surface area contributed by atoms with Crippen LogP contribution in [0.4, 0.5) is 4.79 Å². The average molecular weight is 299 g/mol. The first-order valence-electron chi connectivity index (χ1n) is 7.69. The maximum absolute atomic E-state index is 12.5. The summed E-state index contributed by atoms with van der Waals surface area (Å²) in [5.41, 5.74) is 5.17. The molecule has 7 heteroatoms. The van der Waals surface area contributed by atoms with Gasteiger partial charge in [0.1, 0.15) is 6.04 Å². The molecule has 0 aliphatic carbocycles. The SMILES string of the molecule is CCCC[C@H](NC(N)=O)C(=O)N1CCC2(CC1)OCCO2. The highest BCUT2D eigenvalue weighted by molar-refractivity contribution is 5.86. The van der Waals surface area contributed by atoms with Crippen LogP contribution in [0.3, 0.4) is 0 Å². The lowest BCUT2D eigenvalue weighted by Crippen LogP contribution is -2.54. The summed E-state index contributed by atoms with van der Waals surface area (Å²) in [5, 5.41) is 2.56. The molecule has 1 spiro atoms. The van der Waals surface area contributed by atoms with Gasteiger partial charge in [-0.15, -0.1) is 0 Å². The number of amides is 3. The molecule has 0 aromatic carbocycles. The lowest BCUT2D eigenvalue weighted by molar-refractivity contribution is -0.187. The van der Waals surface area contributed by atoms with Crippen molar-refractivity contribution in [2.75, 3.05) is 26.3 Å². The average Bonchev–Trinajstić information content (AvgIpc) is 2.91. The third-order valence-electron chi connectivity index (χ3n) is 4.11.